The van der Waals surface area contributed by atoms with E-state index < -0.39 is 0 Å². The minimum absolute atomic E-state index is 0.228. The summed E-state index contributed by atoms with van der Waals surface area (Å²) in [6.45, 7) is 3.46. The highest BCUT2D eigenvalue weighted by Gasteiger charge is 2.26. The molecule has 0 amide bonds. The predicted molar refractivity (Wildman–Crippen MR) is 91.0 cm³/mol. The van der Waals surface area contributed by atoms with E-state index in [1.54, 1.807) is 0 Å². The molecule has 3 rings (SSSR count). The van der Waals surface area contributed by atoms with Gasteiger partial charge in [-0.15, -0.1) is 0 Å². The van der Waals surface area contributed by atoms with E-state index in [1.165, 1.54) is 16.0 Å². The fourth-order valence-electron chi connectivity index (χ4n) is 2.53. The molecule has 1 saturated heterocycles. The quantitative estimate of drug-likeness (QED) is 0.762. The first-order valence-corrected chi connectivity index (χ1v) is 8.68. The molecule has 2 nitrogen and oxygen atoms in total. The molecule has 0 N–H and O–H groups in total. The van der Waals surface area contributed by atoms with Gasteiger partial charge in [0.1, 0.15) is 5.44 Å². The second-order valence-electron chi connectivity index (χ2n) is 5.70. The van der Waals surface area contributed by atoms with Gasteiger partial charge >= 0.3 is 0 Å². The molecule has 2 atom stereocenters. The molecule has 0 aromatic heterocycles. The highest BCUT2D eigenvalue weighted by molar-refractivity contribution is 7.99. The van der Waals surface area contributed by atoms with Crippen molar-refractivity contribution in [2.75, 3.05) is 6.61 Å². The van der Waals surface area contributed by atoms with Crippen LogP contribution in [0.3, 0.4) is 0 Å². The van der Waals surface area contributed by atoms with Crippen molar-refractivity contribution in [2.24, 2.45) is 0 Å². The SMILES string of the molecule is Cc1ccc(SC2CCC(COCc3ccccc3)O2)cc1. The molecule has 0 radical (unpaired) electrons. The van der Waals surface area contributed by atoms with Crippen molar-refractivity contribution < 1.29 is 9.47 Å². The zero-order valence-corrected chi connectivity index (χ0v) is 13.7. The molecule has 0 spiro atoms. The number of aryl methyl sites for hydroxylation is 1. The van der Waals surface area contributed by atoms with Gasteiger partial charge in [0.05, 0.1) is 19.3 Å². The Morgan fingerprint density at radius 1 is 1.05 bits per heavy atom. The molecule has 0 aliphatic carbocycles. The van der Waals surface area contributed by atoms with Crippen molar-refractivity contribution in [3.8, 4) is 0 Å². The van der Waals surface area contributed by atoms with Crippen LogP contribution in [-0.4, -0.2) is 18.1 Å². The van der Waals surface area contributed by atoms with Crippen LogP contribution in [-0.2, 0) is 16.1 Å². The molecule has 2 aromatic rings. The van der Waals surface area contributed by atoms with Gasteiger partial charge in [-0.05, 0) is 37.5 Å². The first-order valence-electron chi connectivity index (χ1n) is 7.80. The largest absolute Gasteiger partial charge is 0.374 e. The molecule has 1 aliphatic heterocycles. The second-order valence-corrected chi connectivity index (χ2v) is 6.93. The van der Waals surface area contributed by atoms with E-state index in [4.69, 9.17) is 9.47 Å². The summed E-state index contributed by atoms with van der Waals surface area (Å²) in [4.78, 5) is 1.28. The van der Waals surface area contributed by atoms with Crippen LogP contribution in [0.25, 0.3) is 0 Å². The Morgan fingerprint density at radius 2 is 1.82 bits per heavy atom. The van der Waals surface area contributed by atoms with E-state index in [2.05, 4.69) is 43.3 Å². The van der Waals surface area contributed by atoms with Crippen molar-refractivity contribution in [3.05, 3.63) is 65.7 Å². The van der Waals surface area contributed by atoms with Crippen LogP contribution in [0, 0.1) is 6.92 Å². The summed E-state index contributed by atoms with van der Waals surface area (Å²) in [5.74, 6) is 0. The van der Waals surface area contributed by atoms with Gasteiger partial charge in [-0.2, -0.15) is 0 Å². The molecule has 22 heavy (non-hydrogen) atoms. The molecule has 1 aliphatic rings. The number of rotatable bonds is 6. The van der Waals surface area contributed by atoms with E-state index in [0.717, 1.165) is 12.8 Å². The third kappa shape index (κ3) is 4.60. The molecule has 2 aromatic carbocycles. The number of thioether (sulfide) groups is 1. The third-order valence-corrected chi connectivity index (χ3v) is 4.93. The first-order chi connectivity index (χ1) is 10.8. The first kappa shape index (κ1) is 15.6. The van der Waals surface area contributed by atoms with Crippen LogP contribution < -0.4 is 0 Å². The average Bonchev–Trinajstić information content (AvgIpc) is 2.98. The van der Waals surface area contributed by atoms with Gasteiger partial charge in [0.2, 0.25) is 0 Å². The molecule has 3 heteroatoms. The fraction of sp³-hybridized carbons (Fsp3) is 0.368. The van der Waals surface area contributed by atoms with Gasteiger partial charge in [-0.1, -0.05) is 59.8 Å². The smallest absolute Gasteiger partial charge is 0.108 e. The van der Waals surface area contributed by atoms with Gasteiger partial charge in [0.15, 0.2) is 0 Å². The monoisotopic (exact) mass is 314 g/mol. The van der Waals surface area contributed by atoms with Gasteiger partial charge < -0.3 is 9.47 Å². The summed E-state index contributed by atoms with van der Waals surface area (Å²) in [5.41, 5.74) is 2.77. The average molecular weight is 314 g/mol. The van der Waals surface area contributed by atoms with Crippen molar-refractivity contribution in [3.63, 3.8) is 0 Å². The van der Waals surface area contributed by atoms with E-state index in [-0.39, 0.29) is 11.5 Å². The van der Waals surface area contributed by atoms with Crippen LogP contribution in [0.5, 0.6) is 0 Å². The number of hydrogen-bond acceptors (Lipinski definition) is 3. The van der Waals surface area contributed by atoms with Gasteiger partial charge in [-0.25, -0.2) is 0 Å². The van der Waals surface area contributed by atoms with Gasteiger partial charge in [0.25, 0.3) is 0 Å². The van der Waals surface area contributed by atoms with E-state index in [0.29, 0.717) is 13.2 Å². The third-order valence-electron chi connectivity index (χ3n) is 3.77. The van der Waals surface area contributed by atoms with Crippen molar-refractivity contribution in [1.29, 1.82) is 0 Å². The second kappa shape index (κ2) is 7.82. The lowest BCUT2D eigenvalue weighted by Crippen LogP contribution is -2.15. The number of hydrogen-bond donors (Lipinski definition) is 0. The zero-order chi connectivity index (χ0) is 15.2. The van der Waals surface area contributed by atoms with Crippen LogP contribution in [0.15, 0.2) is 59.5 Å². The van der Waals surface area contributed by atoms with E-state index in [9.17, 15) is 0 Å². The highest BCUT2D eigenvalue weighted by Crippen LogP contribution is 2.33. The lowest BCUT2D eigenvalue weighted by Gasteiger charge is -2.14. The minimum Gasteiger partial charge on any atom is -0.374 e. The lowest BCUT2D eigenvalue weighted by atomic mass is 10.2. The standard InChI is InChI=1S/C19H22O2S/c1-15-7-10-18(11-8-15)22-19-12-9-17(21-19)14-20-13-16-5-3-2-4-6-16/h2-8,10-11,17,19H,9,12-14H2,1H3. The Morgan fingerprint density at radius 3 is 2.59 bits per heavy atom. The van der Waals surface area contributed by atoms with Gasteiger partial charge in [0, 0.05) is 4.90 Å². The van der Waals surface area contributed by atoms with Crippen molar-refractivity contribution in [2.45, 2.75) is 42.8 Å². The summed E-state index contributed by atoms with van der Waals surface area (Å²) < 4.78 is 11.9. The Hall–Kier alpha value is -1.29. The van der Waals surface area contributed by atoms with Crippen molar-refractivity contribution >= 4 is 11.8 Å². The molecular formula is C19H22O2S. The van der Waals surface area contributed by atoms with Crippen LogP contribution in [0.1, 0.15) is 24.0 Å². The van der Waals surface area contributed by atoms with E-state index >= 15 is 0 Å². The Balaban J connectivity index is 1.39. The molecule has 2 unspecified atom stereocenters. The number of benzene rings is 2. The molecule has 0 saturated carbocycles. The molecule has 116 valence electrons. The Labute approximate surface area is 136 Å². The predicted octanol–water partition coefficient (Wildman–Crippen LogP) is 4.81. The van der Waals surface area contributed by atoms with Crippen LogP contribution in [0.4, 0.5) is 0 Å². The lowest BCUT2D eigenvalue weighted by molar-refractivity contribution is 0.00275. The summed E-state index contributed by atoms with van der Waals surface area (Å²) in [5, 5.41) is 0. The maximum Gasteiger partial charge on any atom is 0.108 e. The molecule has 1 heterocycles. The topological polar surface area (TPSA) is 18.5 Å². The van der Waals surface area contributed by atoms with Crippen LogP contribution in [0.2, 0.25) is 0 Å². The normalized spacial score (nSPS) is 21.1. The van der Waals surface area contributed by atoms with Crippen LogP contribution >= 0.6 is 11.8 Å². The summed E-state index contributed by atoms with van der Waals surface area (Å²) >= 11 is 1.82. The fourth-order valence-corrected chi connectivity index (χ4v) is 3.60. The Kier molecular flexibility index (Phi) is 5.54. The maximum atomic E-state index is 6.07. The Bertz CT molecular complexity index is 568. The summed E-state index contributed by atoms with van der Waals surface area (Å²) in [6.07, 6.45) is 2.41. The maximum absolute atomic E-state index is 6.07. The number of ether oxygens (including phenoxy) is 2. The highest BCUT2D eigenvalue weighted by atomic mass is 32.2. The molecule has 0 bridgehead atoms. The minimum atomic E-state index is 0.228. The zero-order valence-electron chi connectivity index (χ0n) is 12.9. The summed E-state index contributed by atoms with van der Waals surface area (Å²) in [7, 11) is 0. The van der Waals surface area contributed by atoms with Crippen molar-refractivity contribution in [1.82, 2.24) is 0 Å². The summed E-state index contributed by atoms with van der Waals surface area (Å²) in [6, 6.07) is 18.9. The molecule has 1 fully saturated rings. The van der Waals surface area contributed by atoms with E-state index in [1.807, 2.05) is 30.0 Å². The molecular weight excluding hydrogens is 292 g/mol. The van der Waals surface area contributed by atoms with Gasteiger partial charge in [-0.3, -0.25) is 0 Å².